The summed E-state index contributed by atoms with van der Waals surface area (Å²) in [6.07, 6.45) is 0.670. The molecule has 24 heteroatoms. The van der Waals surface area contributed by atoms with Crippen molar-refractivity contribution in [3.8, 4) is 0 Å². The normalized spacial score (nSPS) is 30.7. The molecule has 1 aliphatic carbocycles. The largest absolute Gasteiger partial charge is 0.472 e. The van der Waals surface area contributed by atoms with E-state index in [1.165, 1.54) is 128 Å². The third kappa shape index (κ3) is 28.9. The van der Waals surface area contributed by atoms with Crippen molar-refractivity contribution < 1.29 is 113 Å². The van der Waals surface area contributed by atoms with Crippen molar-refractivity contribution in [3.63, 3.8) is 0 Å². The minimum absolute atomic E-state index is 0.0274. The van der Waals surface area contributed by atoms with Gasteiger partial charge in [0.2, 0.25) is 0 Å². The Bertz CT molecular complexity index is 1680. The summed E-state index contributed by atoms with van der Waals surface area (Å²) in [5.74, 6) is -0.632. The van der Waals surface area contributed by atoms with Crippen LogP contribution in [0.2, 0.25) is 0 Å². The fourth-order valence-corrected chi connectivity index (χ4v) is 12.1. The summed E-state index contributed by atoms with van der Waals surface area (Å²) in [6.45, 7) is 3.37. The van der Waals surface area contributed by atoms with Crippen molar-refractivity contribution in [2.75, 3.05) is 26.4 Å². The van der Waals surface area contributed by atoms with E-state index in [9.17, 15) is 75.2 Å². The summed E-state index contributed by atoms with van der Waals surface area (Å²) < 4.78 is 58.3. The van der Waals surface area contributed by atoms with E-state index in [1.807, 2.05) is 0 Å². The Kier molecular flexibility index (Phi) is 40.2. The molecule has 84 heavy (non-hydrogen) atoms. The predicted molar refractivity (Wildman–Crippen MR) is 310 cm³/mol. The highest BCUT2D eigenvalue weighted by molar-refractivity contribution is 7.47. The molecule has 0 spiro atoms. The maximum atomic E-state index is 14.1. The molecular weight excluding hydrogens is 1120 g/mol. The van der Waals surface area contributed by atoms with Crippen LogP contribution in [0.1, 0.15) is 233 Å². The standard InChI is InChI=1S/C60H113O23P/c1-4-6-8-10-12-13-14-15-16-17-18-19-20-21-22-27-31-35-45(63)76-39-42(78-46(64)36-32-28-24-23-26-30-34-41(3)33-29-25-11-9-7-5-2)40-77-84(74,75)83-58-56(81-59-54(72)49(67)47(65)43(37-61)79-59)52(70)51(69)53(71)57(58)82-60-55(73)50(68)48(66)44(38-62)80-60/h41-44,47-62,65-73H,4-40H2,1-3H3,(H,74,75). The van der Waals surface area contributed by atoms with Gasteiger partial charge in [-0.15, -0.1) is 0 Å². The molecule has 2 aliphatic heterocycles. The number of carbonyl (C=O) groups excluding carboxylic acids is 2. The number of phosphoric ester groups is 1. The van der Waals surface area contributed by atoms with Crippen molar-refractivity contribution in [1.29, 1.82) is 0 Å². The highest BCUT2D eigenvalue weighted by atomic mass is 31.2. The van der Waals surface area contributed by atoms with Gasteiger partial charge in [0.05, 0.1) is 19.8 Å². The Morgan fingerprint density at radius 2 is 0.786 bits per heavy atom. The first-order valence-corrected chi connectivity index (χ1v) is 33.8. The van der Waals surface area contributed by atoms with E-state index in [0.29, 0.717) is 18.8 Å². The van der Waals surface area contributed by atoms with Crippen LogP contribution in [0.3, 0.4) is 0 Å². The average molecular weight is 1230 g/mol. The molecule has 496 valence electrons. The highest BCUT2D eigenvalue weighted by Crippen LogP contribution is 2.49. The first-order chi connectivity index (χ1) is 40.3. The van der Waals surface area contributed by atoms with E-state index in [-0.39, 0.29) is 12.8 Å². The van der Waals surface area contributed by atoms with Crippen LogP contribution >= 0.6 is 7.82 Å². The molecule has 0 amide bonds. The Hall–Kier alpha value is -1.55. The number of hydrogen-bond acceptors (Lipinski definition) is 22. The summed E-state index contributed by atoms with van der Waals surface area (Å²) in [4.78, 5) is 37.7. The second kappa shape index (κ2) is 44.0. The van der Waals surface area contributed by atoms with Crippen molar-refractivity contribution in [3.05, 3.63) is 0 Å². The SMILES string of the molecule is CCCCCCCCCCCCCCCCCCCC(=O)OCC(COP(=O)(O)OC1C(OC2OC(CO)C(O)C(O)C2O)C(O)C(O)C(O)C1OC1OC(CO)C(O)C(O)C1O)OC(=O)CCCCCCCCC(C)CCCCCCCC. The maximum absolute atomic E-state index is 14.1. The first kappa shape index (κ1) is 76.7. The van der Waals surface area contributed by atoms with Gasteiger partial charge < -0.3 is 89.5 Å². The molecule has 23 nitrogen and oxygen atoms in total. The fourth-order valence-electron chi connectivity index (χ4n) is 11.1. The van der Waals surface area contributed by atoms with Crippen molar-refractivity contribution in [2.45, 2.75) is 337 Å². The first-order valence-electron chi connectivity index (χ1n) is 32.3. The van der Waals surface area contributed by atoms with Crippen LogP contribution in [-0.4, -0.2) is 204 Å². The van der Waals surface area contributed by atoms with Crippen molar-refractivity contribution in [1.82, 2.24) is 0 Å². The molecule has 0 bridgehead atoms. The zero-order valence-electron chi connectivity index (χ0n) is 50.9. The van der Waals surface area contributed by atoms with Gasteiger partial charge in [-0.05, 0) is 18.8 Å². The molecule has 17 unspecified atom stereocenters. The van der Waals surface area contributed by atoms with E-state index in [0.717, 1.165) is 57.8 Å². The lowest BCUT2D eigenvalue weighted by Gasteiger charge is -2.49. The molecule has 2 saturated heterocycles. The second-order valence-corrected chi connectivity index (χ2v) is 25.3. The van der Waals surface area contributed by atoms with E-state index < -0.39 is 150 Å². The van der Waals surface area contributed by atoms with E-state index in [2.05, 4.69) is 20.8 Å². The highest BCUT2D eigenvalue weighted by Gasteiger charge is 2.58. The maximum Gasteiger partial charge on any atom is 0.472 e. The van der Waals surface area contributed by atoms with Crippen molar-refractivity contribution in [2.24, 2.45) is 5.92 Å². The molecule has 12 N–H and O–H groups in total. The quantitative estimate of drug-likeness (QED) is 0.0190. The predicted octanol–water partition coefficient (Wildman–Crippen LogP) is 5.96. The number of aliphatic hydroxyl groups is 11. The third-order valence-electron chi connectivity index (χ3n) is 16.6. The summed E-state index contributed by atoms with van der Waals surface area (Å²) in [6, 6.07) is 0. The van der Waals surface area contributed by atoms with Crippen LogP contribution in [0.15, 0.2) is 0 Å². The fraction of sp³-hybridized carbons (Fsp3) is 0.967. The smallest absolute Gasteiger partial charge is 0.462 e. The average Bonchev–Trinajstić information content (AvgIpc) is 2.93. The van der Waals surface area contributed by atoms with Gasteiger partial charge in [-0.3, -0.25) is 18.6 Å². The molecule has 17 atom stereocenters. The van der Waals surface area contributed by atoms with Gasteiger partial charge in [0.1, 0.15) is 92.1 Å². The Morgan fingerprint density at radius 1 is 0.440 bits per heavy atom. The second-order valence-electron chi connectivity index (χ2n) is 23.9. The number of carbonyl (C=O) groups is 2. The molecule has 2 heterocycles. The minimum Gasteiger partial charge on any atom is -0.462 e. The van der Waals surface area contributed by atoms with Gasteiger partial charge in [0, 0.05) is 12.8 Å². The van der Waals surface area contributed by atoms with Gasteiger partial charge in [-0.1, -0.05) is 207 Å². The number of esters is 2. The van der Waals surface area contributed by atoms with Gasteiger partial charge >= 0.3 is 19.8 Å². The summed E-state index contributed by atoms with van der Waals surface area (Å²) in [5.41, 5.74) is 0. The molecule has 0 aromatic heterocycles. The van der Waals surface area contributed by atoms with Crippen LogP contribution in [0.5, 0.6) is 0 Å². The van der Waals surface area contributed by atoms with E-state index in [4.69, 9.17) is 37.5 Å². The number of phosphoric acid groups is 1. The van der Waals surface area contributed by atoms with Crippen molar-refractivity contribution >= 4 is 19.8 Å². The number of unbranched alkanes of at least 4 members (excludes halogenated alkanes) is 26. The van der Waals surface area contributed by atoms with Crippen LogP contribution in [0, 0.1) is 5.92 Å². The zero-order valence-corrected chi connectivity index (χ0v) is 51.8. The van der Waals surface area contributed by atoms with Gasteiger partial charge in [0.15, 0.2) is 18.7 Å². The van der Waals surface area contributed by atoms with Gasteiger partial charge in [-0.25, -0.2) is 4.57 Å². The van der Waals surface area contributed by atoms with Crippen LogP contribution in [0.25, 0.3) is 0 Å². The summed E-state index contributed by atoms with van der Waals surface area (Å²) in [7, 11) is -5.64. The van der Waals surface area contributed by atoms with Crippen LogP contribution in [0.4, 0.5) is 0 Å². The Morgan fingerprint density at radius 3 is 1.17 bits per heavy atom. The minimum atomic E-state index is -5.64. The van der Waals surface area contributed by atoms with E-state index in [1.54, 1.807) is 0 Å². The summed E-state index contributed by atoms with van der Waals surface area (Å²) in [5, 5.41) is 117. The molecule has 0 radical (unpaired) electrons. The Labute approximate surface area is 500 Å². The number of hydrogen-bond donors (Lipinski definition) is 12. The van der Waals surface area contributed by atoms with Crippen LogP contribution < -0.4 is 0 Å². The number of rotatable bonds is 48. The number of aliphatic hydroxyl groups excluding tert-OH is 11. The van der Waals surface area contributed by atoms with Gasteiger partial charge in [0.25, 0.3) is 0 Å². The van der Waals surface area contributed by atoms with E-state index >= 15 is 0 Å². The lowest BCUT2D eigenvalue weighted by atomic mass is 9.84. The molecule has 3 rings (SSSR count). The van der Waals surface area contributed by atoms with Crippen LogP contribution in [-0.2, 0) is 51.6 Å². The molecule has 3 fully saturated rings. The lowest BCUT2D eigenvalue weighted by Crippen LogP contribution is -2.69. The van der Waals surface area contributed by atoms with Gasteiger partial charge in [-0.2, -0.15) is 0 Å². The molecular formula is C60H113O23P. The summed E-state index contributed by atoms with van der Waals surface area (Å²) >= 11 is 0. The lowest BCUT2D eigenvalue weighted by molar-refractivity contribution is -0.360. The Balaban J connectivity index is 1.66. The molecule has 0 aromatic rings. The number of ether oxygens (including phenoxy) is 6. The zero-order chi connectivity index (χ0) is 61.9. The molecule has 1 saturated carbocycles. The topological polar surface area (TPSA) is 368 Å². The third-order valence-corrected chi connectivity index (χ3v) is 17.6. The monoisotopic (exact) mass is 1230 g/mol. The molecule has 0 aromatic carbocycles. The molecule has 3 aliphatic rings.